The molecule has 1 amide bonds. The zero-order chi connectivity index (χ0) is 18.0. The van der Waals surface area contributed by atoms with E-state index in [2.05, 4.69) is 26.2 Å². The normalized spacial score (nSPS) is 11.3. The molecular weight excluding hydrogens is 426 g/mol. The molecule has 0 bridgehead atoms. The number of rotatable bonds is 4. The number of benzene rings is 2. The second-order valence-electron chi connectivity index (χ2n) is 5.06. The lowest BCUT2D eigenvalue weighted by molar-refractivity contribution is 0.102. The Balaban J connectivity index is 1.83. The first-order valence-corrected chi connectivity index (χ1v) is 10.2. The molecule has 0 aliphatic heterocycles. The van der Waals surface area contributed by atoms with E-state index in [4.69, 9.17) is 5.14 Å². The third-order valence-corrected chi connectivity index (χ3v) is 5.76. The Kier molecular flexibility index (Phi) is 5.00. The summed E-state index contributed by atoms with van der Waals surface area (Å²) >= 11 is 4.77. The van der Waals surface area contributed by atoms with Gasteiger partial charge in [0.05, 0.1) is 10.5 Å². The molecule has 0 radical (unpaired) electrons. The topological polar surface area (TPSA) is 102 Å². The molecule has 25 heavy (non-hydrogen) atoms. The quantitative estimate of drug-likeness (QED) is 0.651. The van der Waals surface area contributed by atoms with Gasteiger partial charge in [-0.2, -0.15) is 0 Å². The molecule has 0 atom stereocenters. The second kappa shape index (κ2) is 7.04. The number of hydrogen-bond acceptors (Lipinski definition) is 5. The third kappa shape index (κ3) is 4.13. The smallest absolute Gasteiger partial charge is 0.256 e. The molecule has 6 nitrogen and oxygen atoms in total. The first kappa shape index (κ1) is 17.7. The van der Waals surface area contributed by atoms with E-state index in [1.54, 1.807) is 18.3 Å². The Hall–Kier alpha value is -2.07. The third-order valence-electron chi connectivity index (χ3n) is 3.33. The van der Waals surface area contributed by atoms with Crippen molar-refractivity contribution in [2.45, 2.75) is 4.90 Å². The van der Waals surface area contributed by atoms with Crippen molar-refractivity contribution in [3.05, 3.63) is 64.1 Å². The van der Waals surface area contributed by atoms with Gasteiger partial charge < -0.3 is 5.32 Å². The monoisotopic (exact) mass is 437 g/mol. The van der Waals surface area contributed by atoms with Crippen LogP contribution >= 0.6 is 27.3 Å². The molecule has 0 saturated carbocycles. The van der Waals surface area contributed by atoms with Crippen LogP contribution in [0.4, 0.5) is 5.69 Å². The Morgan fingerprint density at radius 2 is 1.88 bits per heavy atom. The van der Waals surface area contributed by atoms with E-state index in [9.17, 15) is 13.2 Å². The number of aromatic nitrogens is 1. The number of carbonyl (C=O) groups is 1. The van der Waals surface area contributed by atoms with Gasteiger partial charge >= 0.3 is 0 Å². The van der Waals surface area contributed by atoms with Gasteiger partial charge in [0.2, 0.25) is 10.0 Å². The number of halogens is 1. The van der Waals surface area contributed by atoms with Crippen LogP contribution in [0.25, 0.3) is 10.6 Å². The molecule has 1 heterocycles. The molecule has 0 aliphatic carbocycles. The van der Waals surface area contributed by atoms with E-state index in [0.29, 0.717) is 10.2 Å². The van der Waals surface area contributed by atoms with Crippen LogP contribution < -0.4 is 10.5 Å². The summed E-state index contributed by atoms with van der Waals surface area (Å²) in [7, 11) is -3.89. The number of nitrogens with two attached hydrogens (primary N) is 1. The highest BCUT2D eigenvalue weighted by Crippen LogP contribution is 2.25. The molecule has 3 aromatic rings. The highest BCUT2D eigenvalue weighted by molar-refractivity contribution is 9.10. The average Bonchev–Trinajstić information content (AvgIpc) is 3.09. The maximum atomic E-state index is 12.4. The largest absolute Gasteiger partial charge is 0.322 e. The van der Waals surface area contributed by atoms with Crippen molar-refractivity contribution in [1.29, 1.82) is 0 Å². The molecule has 128 valence electrons. The first-order valence-electron chi connectivity index (χ1n) is 6.98. The van der Waals surface area contributed by atoms with Crippen molar-refractivity contribution in [1.82, 2.24) is 4.98 Å². The van der Waals surface area contributed by atoms with Crippen molar-refractivity contribution in [2.75, 3.05) is 5.32 Å². The SMILES string of the molecule is NS(=O)(=O)c1ccc(Br)c(C(=O)Nc2ccc(-c3nccs3)cc2)c1. The Morgan fingerprint density at radius 1 is 1.16 bits per heavy atom. The minimum absolute atomic E-state index is 0.125. The summed E-state index contributed by atoms with van der Waals surface area (Å²) in [5, 5.41) is 10.6. The van der Waals surface area contributed by atoms with Crippen LogP contribution in [0.5, 0.6) is 0 Å². The van der Waals surface area contributed by atoms with Crippen molar-refractivity contribution in [3.8, 4) is 10.6 Å². The van der Waals surface area contributed by atoms with Crippen molar-refractivity contribution in [3.63, 3.8) is 0 Å². The van der Waals surface area contributed by atoms with Crippen molar-refractivity contribution >= 4 is 48.9 Å². The summed E-state index contributed by atoms with van der Waals surface area (Å²) < 4.78 is 23.4. The molecule has 0 fully saturated rings. The van der Waals surface area contributed by atoms with Crippen LogP contribution in [0.2, 0.25) is 0 Å². The van der Waals surface area contributed by atoms with Crippen LogP contribution in [0, 0.1) is 0 Å². The Labute approximate surface area is 156 Å². The van der Waals surface area contributed by atoms with Crippen LogP contribution in [0.15, 0.2) is 63.4 Å². The lowest BCUT2D eigenvalue weighted by atomic mass is 10.2. The molecule has 2 aromatic carbocycles. The number of amides is 1. The summed E-state index contributed by atoms with van der Waals surface area (Å²) in [6.07, 6.45) is 1.73. The molecular formula is C16H12BrN3O3S2. The number of anilines is 1. The maximum Gasteiger partial charge on any atom is 0.256 e. The van der Waals surface area contributed by atoms with Crippen molar-refractivity contribution in [2.24, 2.45) is 5.14 Å². The zero-order valence-corrected chi connectivity index (χ0v) is 15.9. The van der Waals surface area contributed by atoms with Gasteiger partial charge in [0.1, 0.15) is 5.01 Å². The lowest BCUT2D eigenvalue weighted by Gasteiger charge is -2.09. The van der Waals surface area contributed by atoms with Crippen LogP contribution in [-0.2, 0) is 10.0 Å². The minimum Gasteiger partial charge on any atom is -0.322 e. The van der Waals surface area contributed by atoms with Gasteiger partial charge in [-0.1, -0.05) is 0 Å². The molecule has 3 N–H and O–H groups in total. The molecule has 0 saturated heterocycles. The van der Waals surface area contributed by atoms with Gasteiger partial charge in [0.25, 0.3) is 5.91 Å². The van der Waals surface area contributed by atoms with E-state index in [1.807, 2.05) is 17.5 Å². The summed E-state index contributed by atoms with van der Waals surface area (Å²) in [5.41, 5.74) is 1.71. The highest BCUT2D eigenvalue weighted by atomic mass is 79.9. The van der Waals surface area contributed by atoms with Gasteiger partial charge in [-0.3, -0.25) is 4.79 Å². The number of primary sulfonamides is 1. The van der Waals surface area contributed by atoms with E-state index in [1.165, 1.54) is 29.5 Å². The maximum absolute atomic E-state index is 12.4. The molecule has 9 heteroatoms. The highest BCUT2D eigenvalue weighted by Gasteiger charge is 2.16. The van der Waals surface area contributed by atoms with E-state index in [-0.39, 0.29) is 10.5 Å². The summed E-state index contributed by atoms with van der Waals surface area (Å²) in [4.78, 5) is 16.5. The Bertz CT molecular complexity index is 1020. The van der Waals surface area contributed by atoms with Crippen LogP contribution in [0.1, 0.15) is 10.4 Å². The van der Waals surface area contributed by atoms with Gasteiger partial charge in [-0.05, 0) is 58.4 Å². The fraction of sp³-hybridized carbons (Fsp3) is 0. The number of nitrogens with zero attached hydrogens (tertiary/aromatic N) is 1. The average molecular weight is 438 g/mol. The lowest BCUT2D eigenvalue weighted by Crippen LogP contribution is -2.16. The van der Waals surface area contributed by atoms with E-state index >= 15 is 0 Å². The predicted molar refractivity (Wildman–Crippen MR) is 101 cm³/mol. The fourth-order valence-corrected chi connectivity index (χ4v) is 3.73. The predicted octanol–water partition coefficient (Wildman–Crippen LogP) is 3.47. The first-order chi connectivity index (χ1) is 11.8. The molecule has 0 unspecified atom stereocenters. The number of nitrogens with one attached hydrogen (secondary N) is 1. The number of sulfonamides is 1. The second-order valence-corrected chi connectivity index (χ2v) is 8.37. The molecule has 0 aliphatic rings. The van der Waals surface area contributed by atoms with Crippen LogP contribution in [0.3, 0.4) is 0 Å². The summed E-state index contributed by atoms with van der Waals surface area (Å²) in [5.74, 6) is -0.445. The van der Waals surface area contributed by atoms with Crippen molar-refractivity contribution < 1.29 is 13.2 Å². The Morgan fingerprint density at radius 3 is 2.48 bits per heavy atom. The summed E-state index contributed by atoms with van der Waals surface area (Å²) in [6.45, 7) is 0. The summed E-state index contributed by atoms with van der Waals surface area (Å²) in [6, 6.07) is 11.3. The van der Waals surface area contributed by atoms with Crippen LogP contribution in [-0.4, -0.2) is 19.3 Å². The standard InChI is InChI=1S/C16H12BrN3O3S2/c17-14-6-5-12(25(18,22)23)9-13(14)15(21)20-11-3-1-10(2-4-11)16-19-7-8-24-16/h1-9H,(H,20,21)(H2,18,22,23). The van der Waals surface area contributed by atoms with Gasteiger partial charge in [-0.15, -0.1) is 11.3 Å². The number of carbonyl (C=O) groups excluding carboxylic acids is 1. The minimum atomic E-state index is -3.89. The zero-order valence-electron chi connectivity index (χ0n) is 12.6. The number of thiazole rings is 1. The van der Waals surface area contributed by atoms with Gasteiger partial charge in [0.15, 0.2) is 0 Å². The van der Waals surface area contributed by atoms with Gasteiger partial charge in [-0.25, -0.2) is 18.5 Å². The number of hydrogen-bond donors (Lipinski definition) is 2. The van der Waals surface area contributed by atoms with E-state index < -0.39 is 15.9 Å². The molecule has 1 aromatic heterocycles. The fourth-order valence-electron chi connectivity index (χ4n) is 2.12. The van der Waals surface area contributed by atoms with Gasteiger partial charge in [0, 0.05) is 27.3 Å². The van der Waals surface area contributed by atoms with E-state index in [0.717, 1.165) is 10.6 Å². The molecule has 3 rings (SSSR count). The molecule has 0 spiro atoms.